The van der Waals surface area contributed by atoms with Gasteiger partial charge in [-0.15, -0.1) is 0 Å². The minimum absolute atomic E-state index is 0.0365. The third-order valence-corrected chi connectivity index (χ3v) is 10.1. The van der Waals surface area contributed by atoms with Crippen LogP contribution in [0.3, 0.4) is 0 Å². The number of nitrogens with zero attached hydrogens (tertiary/aromatic N) is 1. The molecule has 0 amide bonds. The summed E-state index contributed by atoms with van der Waals surface area (Å²) in [6, 6.07) is 0. The lowest BCUT2D eigenvalue weighted by Gasteiger charge is -2.24. The number of esters is 2. The van der Waals surface area contributed by atoms with E-state index in [1.54, 1.807) is 0 Å². The number of phosphoric acid groups is 1. The van der Waals surface area contributed by atoms with Gasteiger partial charge in [-0.1, -0.05) is 168 Å². The van der Waals surface area contributed by atoms with Gasteiger partial charge in [-0.05, 0) is 12.8 Å². The predicted molar refractivity (Wildman–Crippen MR) is 206 cm³/mol. The Bertz CT molecular complexity index is 835. The largest absolute Gasteiger partial charge is 0.472 e. The highest BCUT2D eigenvalue weighted by molar-refractivity contribution is 7.47. The fourth-order valence-corrected chi connectivity index (χ4v) is 6.58. The van der Waals surface area contributed by atoms with Crippen LogP contribution in [0.15, 0.2) is 0 Å². The second kappa shape index (κ2) is 33.8. The van der Waals surface area contributed by atoms with E-state index in [4.69, 9.17) is 18.5 Å². The van der Waals surface area contributed by atoms with E-state index in [1.165, 1.54) is 128 Å². The smallest absolute Gasteiger partial charge is 0.462 e. The van der Waals surface area contributed by atoms with Crippen LogP contribution in [0, 0.1) is 0 Å². The molecule has 0 aromatic carbocycles. The van der Waals surface area contributed by atoms with Crippen LogP contribution in [0.1, 0.15) is 194 Å². The molecule has 1 N–H and O–H groups in total. The number of carbonyl (C=O) groups is 2. The maximum Gasteiger partial charge on any atom is 0.472 e. The Kier molecular flexibility index (Phi) is 33.2. The second-order valence-electron chi connectivity index (χ2n) is 15.4. The molecule has 0 fully saturated rings. The number of hydrogen-bond acceptors (Lipinski definition) is 7. The third-order valence-electron chi connectivity index (χ3n) is 9.14. The summed E-state index contributed by atoms with van der Waals surface area (Å²) in [6.07, 6.45) is 31.5. The van der Waals surface area contributed by atoms with Gasteiger partial charge >= 0.3 is 19.8 Å². The quantitative estimate of drug-likeness (QED) is 0.0289. The van der Waals surface area contributed by atoms with Gasteiger partial charge in [-0.25, -0.2) is 4.57 Å². The molecule has 0 bridgehead atoms. The van der Waals surface area contributed by atoms with E-state index in [-0.39, 0.29) is 25.6 Å². The Morgan fingerprint density at radius 2 is 0.900 bits per heavy atom. The lowest BCUT2D eigenvalue weighted by Crippen LogP contribution is -2.37. The van der Waals surface area contributed by atoms with Gasteiger partial charge < -0.3 is 18.9 Å². The average molecular weight is 735 g/mol. The molecule has 0 radical (unpaired) electrons. The van der Waals surface area contributed by atoms with E-state index in [9.17, 15) is 19.0 Å². The molecule has 0 aliphatic carbocycles. The zero-order valence-electron chi connectivity index (χ0n) is 33.4. The molecule has 2 unspecified atom stereocenters. The van der Waals surface area contributed by atoms with Gasteiger partial charge in [0.2, 0.25) is 0 Å². The van der Waals surface area contributed by atoms with Gasteiger partial charge in [0.05, 0.1) is 27.7 Å². The minimum Gasteiger partial charge on any atom is -0.462 e. The van der Waals surface area contributed by atoms with Crippen molar-refractivity contribution in [3.05, 3.63) is 0 Å². The summed E-state index contributed by atoms with van der Waals surface area (Å²) in [6.45, 7) is 4.43. The van der Waals surface area contributed by atoms with Crippen molar-refractivity contribution < 1.29 is 42.1 Å². The first-order valence-electron chi connectivity index (χ1n) is 20.8. The molecule has 0 aromatic rings. The Morgan fingerprint density at radius 3 is 1.28 bits per heavy atom. The Labute approximate surface area is 308 Å². The maximum atomic E-state index is 12.6. The number of hydrogen-bond donors (Lipinski definition) is 1. The van der Waals surface area contributed by atoms with E-state index in [0.717, 1.165) is 32.1 Å². The molecule has 0 saturated heterocycles. The van der Waals surface area contributed by atoms with E-state index in [2.05, 4.69) is 13.8 Å². The molecule has 298 valence electrons. The lowest BCUT2D eigenvalue weighted by atomic mass is 10.0. The molecule has 0 saturated carbocycles. The first kappa shape index (κ1) is 49.0. The van der Waals surface area contributed by atoms with Gasteiger partial charge in [0.1, 0.15) is 19.8 Å². The van der Waals surface area contributed by atoms with Crippen molar-refractivity contribution in [2.45, 2.75) is 200 Å². The first-order valence-corrected chi connectivity index (χ1v) is 22.3. The van der Waals surface area contributed by atoms with Crippen LogP contribution in [-0.2, 0) is 32.7 Å². The van der Waals surface area contributed by atoms with Crippen LogP contribution in [0.25, 0.3) is 0 Å². The van der Waals surface area contributed by atoms with Crippen LogP contribution in [0.2, 0.25) is 0 Å². The molecule has 0 spiro atoms. The highest BCUT2D eigenvalue weighted by Gasteiger charge is 2.27. The molecule has 9 nitrogen and oxygen atoms in total. The monoisotopic (exact) mass is 735 g/mol. The fourth-order valence-electron chi connectivity index (χ4n) is 5.84. The van der Waals surface area contributed by atoms with Crippen molar-refractivity contribution >= 4 is 19.8 Å². The lowest BCUT2D eigenvalue weighted by molar-refractivity contribution is -0.870. The van der Waals surface area contributed by atoms with E-state index < -0.39 is 26.5 Å². The second-order valence-corrected chi connectivity index (χ2v) is 16.8. The SMILES string of the molecule is CCCCCCCCCCCCCCCCCCC(=O)OCC(COP(=O)(O)OCC[N+](C)(C)C)OC(=O)CCCCCCCCCCCC. The summed E-state index contributed by atoms with van der Waals surface area (Å²) in [5.74, 6) is -0.789. The number of likely N-dealkylation sites (N-methyl/N-ethyl adjacent to an activating group) is 1. The van der Waals surface area contributed by atoms with Crippen LogP contribution in [0.4, 0.5) is 0 Å². The molecule has 50 heavy (non-hydrogen) atoms. The molecule has 0 aliphatic rings. The van der Waals surface area contributed by atoms with Crippen molar-refractivity contribution in [1.29, 1.82) is 0 Å². The molecular formula is C40H81NO8P+. The third kappa shape index (κ3) is 36.8. The highest BCUT2D eigenvalue weighted by atomic mass is 31.2. The highest BCUT2D eigenvalue weighted by Crippen LogP contribution is 2.43. The number of unbranched alkanes of at least 4 members (excludes halogenated alkanes) is 24. The summed E-state index contributed by atoms with van der Waals surface area (Å²) >= 11 is 0. The zero-order valence-corrected chi connectivity index (χ0v) is 34.3. The normalized spacial score (nSPS) is 13.6. The van der Waals surface area contributed by atoms with Crippen LogP contribution in [-0.4, -0.2) is 74.9 Å². The Morgan fingerprint density at radius 1 is 0.540 bits per heavy atom. The minimum atomic E-state index is -4.36. The molecule has 0 aliphatic heterocycles. The standard InChI is InChI=1S/C40H80NO8P/c1-6-8-10-12-14-16-18-19-20-21-22-23-25-26-28-30-32-39(42)46-36-38(37-48-50(44,45)47-35-34-41(3,4)5)49-40(43)33-31-29-27-24-17-15-13-11-9-7-2/h38H,6-37H2,1-5H3/p+1. The van der Waals surface area contributed by atoms with Crippen molar-refractivity contribution in [2.75, 3.05) is 47.5 Å². The van der Waals surface area contributed by atoms with Crippen LogP contribution >= 0.6 is 7.82 Å². The number of rotatable bonds is 38. The van der Waals surface area contributed by atoms with Gasteiger partial charge in [0, 0.05) is 12.8 Å². The molecular weight excluding hydrogens is 653 g/mol. The van der Waals surface area contributed by atoms with Crippen molar-refractivity contribution in [3.8, 4) is 0 Å². The van der Waals surface area contributed by atoms with Gasteiger partial charge in [0.25, 0.3) is 0 Å². The number of phosphoric ester groups is 1. The van der Waals surface area contributed by atoms with Crippen LogP contribution < -0.4 is 0 Å². The predicted octanol–water partition coefficient (Wildman–Crippen LogP) is 11.2. The van der Waals surface area contributed by atoms with Crippen molar-refractivity contribution in [3.63, 3.8) is 0 Å². The van der Waals surface area contributed by atoms with Gasteiger partial charge in [-0.2, -0.15) is 0 Å². The van der Waals surface area contributed by atoms with Gasteiger partial charge in [-0.3, -0.25) is 18.6 Å². The Hall–Kier alpha value is -0.990. The Balaban J connectivity index is 4.31. The average Bonchev–Trinajstić information content (AvgIpc) is 3.06. The molecule has 2 atom stereocenters. The summed E-state index contributed by atoms with van der Waals surface area (Å²) in [5.41, 5.74) is 0. The zero-order chi connectivity index (χ0) is 37.2. The molecule has 10 heteroatoms. The molecule has 0 rings (SSSR count). The fraction of sp³-hybridized carbons (Fsp3) is 0.950. The van der Waals surface area contributed by atoms with E-state index in [0.29, 0.717) is 23.9 Å². The molecule has 0 aromatic heterocycles. The maximum absolute atomic E-state index is 12.6. The number of quaternary nitrogens is 1. The summed E-state index contributed by atoms with van der Waals surface area (Å²) in [5, 5.41) is 0. The molecule has 0 heterocycles. The summed E-state index contributed by atoms with van der Waals surface area (Å²) in [7, 11) is 1.49. The number of ether oxygens (including phenoxy) is 2. The topological polar surface area (TPSA) is 108 Å². The number of carbonyl (C=O) groups excluding carboxylic acids is 2. The summed E-state index contributed by atoms with van der Waals surface area (Å²) in [4.78, 5) is 35.2. The van der Waals surface area contributed by atoms with E-state index >= 15 is 0 Å². The van der Waals surface area contributed by atoms with Crippen molar-refractivity contribution in [1.82, 2.24) is 0 Å². The summed E-state index contributed by atoms with van der Waals surface area (Å²) < 4.78 is 34.2. The van der Waals surface area contributed by atoms with Crippen molar-refractivity contribution in [2.24, 2.45) is 0 Å². The van der Waals surface area contributed by atoms with Gasteiger partial charge in [0.15, 0.2) is 6.10 Å². The van der Waals surface area contributed by atoms with Crippen LogP contribution in [0.5, 0.6) is 0 Å². The van der Waals surface area contributed by atoms with E-state index in [1.807, 2.05) is 21.1 Å². The first-order chi connectivity index (χ1) is 24.0.